The maximum absolute atomic E-state index is 6.14. The molecule has 112 valence electrons. The standard InChI is InChI=1S/C18H23BrN2/c1-3-17(20)12-15-11-16(19)9-10-18(15)21(2)13-14-7-5-4-6-8-14/h4-11,17H,3,12-13,20H2,1-2H3. The van der Waals surface area contributed by atoms with Crippen LogP contribution in [0.25, 0.3) is 0 Å². The minimum Gasteiger partial charge on any atom is -0.370 e. The van der Waals surface area contributed by atoms with Crippen molar-refractivity contribution in [1.29, 1.82) is 0 Å². The first-order valence-electron chi connectivity index (χ1n) is 7.39. The van der Waals surface area contributed by atoms with Gasteiger partial charge in [0, 0.05) is 29.8 Å². The summed E-state index contributed by atoms with van der Waals surface area (Å²) in [5.41, 5.74) is 10.0. The molecule has 0 spiro atoms. The van der Waals surface area contributed by atoms with Crippen LogP contribution in [0.4, 0.5) is 5.69 Å². The van der Waals surface area contributed by atoms with E-state index in [2.05, 4.69) is 83.3 Å². The fraction of sp³-hybridized carbons (Fsp3) is 0.333. The Bertz CT molecular complexity index is 569. The molecule has 0 heterocycles. The van der Waals surface area contributed by atoms with Crippen LogP contribution in [-0.4, -0.2) is 13.1 Å². The molecular formula is C18H23BrN2. The lowest BCUT2D eigenvalue weighted by Crippen LogP contribution is -2.24. The van der Waals surface area contributed by atoms with Crippen LogP contribution in [0, 0.1) is 0 Å². The largest absolute Gasteiger partial charge is 0.370 e. The zero-order chi connectivity index (χ0) is 15.2. The van der Waals surface area contributed by atoms with Crippen molar-refractivity contribution < 1.29 is 0 Å². The summed E-state index contributed by atoms with van der Waals surface area (Å²) in [6.07, 6.45) is 1.90. The molecule has 0 radical (unpaired) electrons. The second-order valence-corrected chi connectivity index (χ2v) is 6.40. The Kier molecular flexibility index (Phi) is 5.83. The second kappa shape index (κ2) is 7.62. The highest BCUT2D eigenvalue weighted by molar-refractivity contribution is 9.10. The molecule has 21 heavy (non-hydrogen) atoms. The van der Waals surface area contributed by atoms with E-state index in [0.29, 0.717) is 0 Å². The van der Waals surface area contributed by atoms with Crippen LogP contribution in [0.5, 0.6) is 0 Å². The Balaban J connectivity index is 2.21. The molecule has 2 aromatic rings. The van der Waals surface area contributed by atoms with Crippen molar-refractivity contribution in [3.05, 3.63) is 64.1 Å². The highest BCUT2D eigenvalue weighted by atomic mass is 79.9. The molecule has 0 aromatic heterocycles. The van der Waals surface area contributed by atoms with Crippen molar-refractivity contribution in [2.45, 2.75) is 32.4 Å². The number of rotatable bonds is 6. The third-order valence-corrected chi connectivity index (χ3v) is 4.22. The van der Waals surface area contributed by atoms with Crippen molar-refractivity contribution >= 4 is 21.6 Å². The number of hydrogen-bond donors (Lipinski definition) is 1. The molecule has 0 saturated heterocycles. The highest BCUT2D eigenvalue weighted by Gasteiger charge is 2.11. The topological polar surface area (TPSA) is 29.3 Å². The number of benzene rings is 2. The Morgan fingerprint density at radius 2 is 1.86 bits per heavy atom. The van der Waals surface area contributed by atoms with E-state index in [-0.39, 0.29) is 6.04 Å². The van der Waals surface area contributed by atoms with Gasteiger partial charge >= 0.3 is 0 Å². The maximum atomic E-state index is 6.14. The molecule has 0 aliphatic heterocycles. The fourth-order valence-electron chi connectivity index (χ4n) is 2.46. The zero-order valence-electron chi connectivity index (χ0n) is 12.7. The molecule has 1 atom stereocenters. The third kappa shape index (κ3) is 4.58. The van der Waals surface area contributed by atoms with Crippen LogP contribution in [0.3, 0.4) is 0 Å². The SMILES string of the molecule is CCC(N)Cc1cc(Br)ccc1N(C)Cc1ccccc1. The average molecular weight is 347 g/mol. The van der Waals surface area contributed by atoms with Crippen LogP contribution in [0.1, 0.15) is 24.5 Å². The fourth-order valence-corrected chi connectivity index (χ4v) is 2.87. The normalized spacial score (nSPS) is 12.2. The van der Waals surface area contributed by atoms with Crippen molar-refractivity contribution in [2.24, 2.45) is 5.73 Å². The third-order valence-electron chi connectivity index (χ3n) is 3.72. The van der Waals surface area contributed by atoms with E-state index < -0.39 is 0 Å². The van der Waals surface area contributed by atoms with Crippen LogP contribution >= 0.6 is 15.9 Å². The summed E-state index contributed by atoms with van der Waals surface area (Å²) in [5.74, 6) is 0. The van der Waals surface area contributed by atoms with Crippen LogP contribution in [0.2, 0.25) is 0 Å². The predicted octanol–water partition coefficient (Wildman–Crippen LogP) is 4.37. The van der Waals surface area contributed by atoms with Gasteiger partial charge in [0.05, 0.1) is 0 Å². The van der Waals surface area contributed by atoms with Gasteiger partial charge in [-0.05, 0) is 42.2 Å². The molecule has 1 unspecified atom stereocenters. The van der Waals surface area contributed by atoms with Gasteiger partial charge < -0.3 is 10.6 Å². The van der Waals surface area contributed by atoms with E-state index in [1.165, 1.54) is 16.8 Å². The second-order valence-electron chi connectivity index (χ2n) is 5.49. The Morgan fingerprint density at radius 1 is 1.14 bits per heavy atom. The number of anilines is 1. The first-order valence-corrected chi connectivity index (χ1v) is 8.18. The van der Waals surface area contributed by atoms with Gasteiger partial charge in [-0.25, -0.2) is 0 Å². The summed E-state index contributed by atoms with van der Waals surface area (Å²) in [6.45, 7) is 3.03. The quantitative estimate of drug-likeness (QED) is 0.841. The van der Waals surface area contributed by atoms with Crippen molar-refractivity contribution in [3.8, 4) is 0 Å². The van der Waals surface area contributed by atoms with E-state index in [1.54, 1.807) is 0 Å². The molecule has 2 aromatic carbocycles. The molecule has 2 nitrogen and oxygen atoms in total. The molecular weight excluding hydrogens is 324 g/mol. The molecule has 0 aliphatic carbocycles. The average Bonchev–Trinajstić information content (AvgIpc) is 2.48. The minimum atomic E-state index is 0.211. The summed E-state index contributed by atoms with van der Waals surface area (Å²) in [4.78, 5) is 2.29. The number of halogens is 1. The van der Waals surface area contributed by atoms with Gasteiger partial charge in [0.2, 0.25) is 0 Å². The molecule has 0 saturated carbocycles. The summed E-state index contributed by atoms with van der Waals surface area (Å²) in [7, 11) is 2.14. The monoisotopic (exact) mass is 346 g/mol. The van der Waals surface area contributed by atoms with Gasteiger partial charge in [-0.2, -0.15) is 0 Å². The smallest absolute Gasteiger partial charge is 0.0426 e. The van der Waals surface area contributed by atoms with Crippen molar-refractivity contribution in [1.82, 2.24) is 0 Å². The Labute approximate surface area is 136 Å². The molecule has 2 N–H and O–H groups in total. The summed E-state index contributed by atoms with van der Waals surface area (Å²) >= 11 is 3.56. The van der Waals surface area contributed by atoms with Crippen molar-refractivity contribution in [2.75, 3.05) is 11.9 Å². The summed E-state index contributed by atoms with van der Waals surface area (Å²) in [5, 5.41) is 0. The number of hydrogen-bond acceptors (Lipinski definition) is 2. The minimum absolute atomic E-state index is 0.211. The van der Waals surface area contributed by atoms with Gasteiger partial charge in [0.25, 0.3) is 0 Å². The van der Waals surface area contributed by atoms with E-state index in [4.69, 9.17) is 5.73 Å². The van der Waals surface area contributed by atoms with Gasteiger partial charge in [-0.3, -0.25) is 0 Å². The molecule has 0 bridgehead atoms. The lowest BCUT2D eigenvalue weighted by molar-refractivity contribution is 0.645. The first-order chi connectivity index (χ1) is 10.1. The molecule has 0 fully saturated rings. The van der Waals surface area contributed by atoms with Crippen molar-refractivity contribution in [3.63, 3.8) is 0 Å². The maximum Gasteiger partial charge on any atom is 0.0426 e. The van der Waals surface area contributed by atoms with Crippen LogP contribution in [0.15, 0.2) is 53.0 Å². The van der Waals surface area contributed by atoms with Crippen LogP contribution < -0.4 is 10.6 Å². The molecule has 0 aliphatic rings. The lowest BCUT2D eigenvalue weighted by atomic mass is 10.0. The van der Waals surface area contributed by atoms with E-state index in [0.717, 1.165) is 23.9 Å². The predicted molar refractivity (Wildman–Crippen MR) is 94.7 cm³/mol. The Hall–Kier alpha value is -1.32. The van der Waals surface area contributed by atoms with Crippen LogP contribution in [-0.2, 0) is 13.0 Å². The van der Waals surface area contributed by atoms with Gasteiger partial charge in [0.15, 0.2) is 0 Å². The highest BCUT2D eigenvalue weighted by Crippen LogP contribution is 2.26. The van der Waals surface area contributed by atoms with Gasteiger partial charge in [-0.15, -0.1) is 0 Å². The molecule has 0 amide bonds. The number of nitrogens with zero attached hydrogens (tertiary/aromatic N) is 1. The Morgan fingerprint density at radius 3 is 2.52 bits per heavy atom. The summed E-state index contributed by atoms with van der Waals surface area (Å²) < 4.78 is 1.11. The van der Waals surface area contributed by atoms with E-state index in [9.17, 15) is 0 Å². The van der Waals surface area contributed by atoms with E-state index >= 15 is 0 Å². The number of nitrogens with two attached hydrogens (primary N) is 1. The molecule has 2 rings (SSSR count). The van der Waals surface area contributed by atoms with E-state index in [1.807, 2.05) is 0 Å². The lowest BCUT2D eigenvalue weighted by Gasteiger charge is -2.24. The van der Waals surface area contributed by atoms with Gasteiger partial charge in [0.1, 0.15) is 0 Å². The zero-order valence-corrected chi connectivity index (χ0v) is 14.3. The summed E-state index contributed by atoms with van der Waals surface area (Å²) in [6, 6.07) is 17.2. The first kappa shape index (κ1) is 16.1. The molecule has 3 heteroatoms. The van der Waals surface area contributed by atoms with Gasteiger partial charge in [-0.1, -0.05) is 53.2 Å².